The average molecular weight is 466 g/mol. The zero-order valence-corrected chi connectivity index (χ0v) is 19.3. The Morgan fingerprint density at radius 3 is 2.79 bits per heavy atom. The third-order valence-electron chi connectivity index (χ3n) is 5.60. The predicted octanol–water partition coefficient (Wildman–Crippen LogP) is 4.64. The first-order valence-corrected chi connectivity index (χ1v) is 12.0. The topological polar surface area (TPSA) is 84.7 Å². The van der Waals surface area contributed by atoms with Gasteiger partial charge in [0, 0.05) is 35.9 Å². The minimum absolute atomic E-state index is 0.121. The third kappa shape index (κ3) is 5.01. The Kier molecular flexibility index (Phi) is 7.24. The second-order valence-corrected chi connectivity index (χ2v) is 8.87. The van der Waals surface area contributed by atoms with E-state index in [4.69, 9.17) is 4.74 Å². The highest BCUT2D eigenvalue weighted by atomic mass is 32.1. The number of amides is 1. The van der Waals surface area contributed by atoms with E-state index < -0.39 is 17.7 Å². The van der Waals surface area contributed by atoms with Gasteiger partial charge in [0.05, 0.1) is 24.5 Å². The molecule has 0 bridgehead atoms. The highest BCUT2D eigenvalue weighted by Gasteiger charge is 2.46. The fourth-order valence-corrected chi connectivity index (χ4v) is 4.76. The standard InChI is InChI=1S/C25H27N3O4S/c1-2-3-14-32-19-8-4-7-18(16-19)23(29)21-22(20-9-5-15-33-20)28(25(31)24(21)30)12-6-11-27-13-10-26-17-27/h4-5,7-10,13,15-17,22,29H,2-3,6,11-12,14H2,1H3. The third-order valence-corrected chi connectivity index (χ3v) is 6.53. The first kappa shape index (κ1) is 22.8. The molecule has 2 aromatic heterocycles. The number of hydrogen-bond acceptors (Lipinski definition) is 6. The maximum atomic E-state index is 13.1. The number of aliphatic hydroxyl groups is 1. The minimum Gasteiger partial charge on any atom is -0.507 e. The molecule has 0 saturated carbocycles. The van der Waals surface area contributed by atoms with Crippen molar-refractivity contribution in [1.82, 2.24) is 14.5 Å². The lowest BCUT2D eigenvalue weighted by molar-refractivity contribution is -0.139. The van der Waals surface area contributed by atoms with Gasteiger partial charge in [-0.05, 0) is 36.4 Å². The molecule has 3 heterocycles. The molecule has 1 saturated heterocycles. The van der Waals surface area contributed by atoms with E-state index in [0.717, 1.165) is 17.7 Å². The van der Waals surface area contributed by atoms with Crippen LogP contribution in [0.1, 0.15) is 42.7 Å². The Hall–Kier alpha value is -3.39. The number of unbranched alkanes of at least 4 members (excludes halogenated alkanes) is 1. The van der Waals surface area contributed by atoms with Gasteiger partial charge in [-0.1, -0.05) is 31.5 Å². The number of benzene rings is 1. The molecular weight excluding hydrogens is 438 g/mol. The molecule has 1 fully saturated rings. The molecule has 1 atom stereocenters. The summed E-state index contributed by atoms with van der Waals surface area (Å²) in [6, 6.07) is 10.2. The van der Waals surface area contributed by atoms with E-state index in [9.17, 15) is 14.7 Å². The van der Waals surface area contributed by atoms with Gasteiger partial charge in [0.25, 0.3) is 11.7 Å². The van der Waals surface area contributed by atoms with Crippen LogP contribution < -0.4 is 4.74 Å². The Balaban J connectivity index is 1.64. The molecule has 4 rings (SSSR count). The lowest BCUT2D eigenvalue weighted by atomic mass is 9.99. The van der Waals surface area contributed by atoms with E-state index >= 15 is 0 Å². The zero-order chi connectivity index (χ0) is 23.2. The van der Waals surface area contributed by atoms with Crippen LogP contribution in [0.2, 0.25) is 0 Å². The van der Waals surface area contributed by atoms with Gasteiger partial charge >= 0.3 is 0 Å². The van der Waals surface area contributed by atoms with E-state index in [-0.39, 0.29) is 11.3 Å². The van der Waals surface area contributed by atoms with Crippen molar-refractivity contribution in [2.75, 3.05) is 13.2 Å². The smallest absolute Gasteiger partial charge is 0.295 e. The summed E-state index contributed by atoms with van der Waals surface area (Å²) in [4.78, 5) is 32.5. The summed E-state index contributed by atoms with van der Waals surface area (Å²) >= 11 is 1.46. The molecule has 172 valence electrons. The van der Waals surface area contributed by atoms with Crippen LogP contribution in [0.3, 0.4) is 0 Å². The lowest BCUT2D eigenvalue weighted by Crippen LogP contribution is -2.31. The van der Waals surface area contributed by atoms with E-state index in [1.54, 1.807) is 35.6 Å². The van der Waals surface area contributed by atoms with Gasteiger partial charge in [-0.25, -0.2) is 4.98 Å². The SMILES string of the molecule is CCCCOc1cccc(C(O)=C2C(=O)C(=O)N(CCCn3ccnc3)C2c2cccs2)c1. The van der Waals surface area contributed by atoms with Crippen molar-refractivity contribution in [1.29, 1.82) is 0 Å². The Labute approximate surface area is 196 Å². The number of rotatable bonds is 10. The number of aromatic nitrogens is 2. The largest absolute Gasteiger partial charge is 0.507 e. The van der Waals surface area contributed by atoms with Crippen LogP contribution in [0, 0.1) is 0 Å². The Morgan fingerprint density at radius 2 is 2.06 bits per heavy atom. The molecule has 0 radical (unpaired) electrons. The van der Waals surface area contributed by atoms with Crippen LogP contribution in [0.25, 0.3) is 5.76 Å². The van der Waals surface area contributed by atoms with Crippen molar-refractivity contribution in [3.05, 3.63) is 76.5 Å². The molecule has 1 aromatic carbocycles. The van der Waals surface area contributed by atoms with Crippen molar-refractivity contribution >= 4 is 28.8 Å². The van der Waals surface area contributed by atoms with E-state index in [1.807, 2.05) is 34.3 Å². The number of thiophene rings is 1. The number of aryl methyl sites for hydroxylation is 1. The number of likely N-dealkylation sites (tertiary alicyclic amines) is 1. The van der Waals surface area contributed by atoms with Gasteiger partial charge in [-0.15, -0.1) is 11.3 Å². The van der Waals surface area contributed by atoms with Crippen molar-refractivity contribution in [2.45, 2.75) is 38.8 Å². The van der Waals surface area contributed by atoms with Gasteiger partial charge in [-0.3, -0.25) is 9.59 Å². The summed E-state index contributed by atoms with van der Waals surface area (Å²) in [5.41, 5.74) is 0.581. The summed E-state index contributed by atoms with van der Waals surface area (Å²) in [7, 11) is 0. The maximum Gasteiger partial charge on any atom is 0.295 e. The van der Waals surface area contributed by atoms with Gasteiger partial charge in [0.15, 0.2) is 0 Å². The lowest BCUT2D eigenvalue weighted by Gasteiger charge is -2.24. The molecule has 3 aromatic rings. The number of carbonyl (C=O) groups is 2. The zero-order valence-electron chi connectivity index (χ0n) is 18.5. The highest BCUT2D eigenvalue weighted by Crippen LogP contribution is 2.41. The van der Waals surface area contributed by atoms with Crippen molar-refractivity contribution in [3.8, 4) is 5.75 Å². The van der Waals surface area contributed by atoms with E-state index in [1.165, 1.54) is 11.3 Å². The average Bonchev–Trinajstić information content (AvgIpc) is 3.58. The summed E-state index contributed by atoms with van der Waals surface area (Å²) in [6.45, 7) is 3.74. The Morgan fingerprint density at radius 1 is 1.18 bits per heavy atom. The molecule has 7 nitrogen and oxygen atoms in total. The minimum atomic E-state index is -0.661. The summed E-state index contributed by atoms with van der Waals surface area (Å²) < 4.78 is 7.69. The van der Waals surface area contributed by atoms with Crippen LogP contribution in [0.5, 0.6) is 5.75 Å². The number of ketones is 1. The van der Waals surface area contributed by atoms with Gasteiger partial charge in [0.1, 0.15) is 11.5 Å². The Bertz CT molecular complexity index is 1120. The number of carbonyl (C=O) groups excluding carboxylic acids is 2. The predicted molar refractivity (Wildman–Crippen MR) is 127 cm³/mol. The molecule has 33 heavy (non-hydrogen) atoms. The fourth-order valence-electron chi connectivity index (χ4n) is 3.92. The molecule has 1 aliphatic rings. The summed E-state index contributed by atoms with van der Waals surface area (Å²) in [6.07, 6.45) is 7.90. The number of Topliss-reactive ketones (excluding diaryl/α,β-unsaturated/α-hetero) is 1. The number of ether oxygens (including phenoxy) is 1. The number of hydrogen-bond donors (Lipinski definition) is 1. The number of imidazole rings is 1. The van der Waals surface area contributed by atoms with E-state index in [0.29, 0.717) is 37.4 Å². The van der Waals surface area contributed by atoms with Crippen LogP contribution in [-0.2, 0) is 16.1 Å². The molecule has 0 aliphatic carbocycles. The summed E-state index contributed by atoms with van der Waals surface area (Å²) in [5.74, 6) is -0.804. The summed E-state index contributed by atoms with van der Waals surface area (Å²) in [5, 5.41) is 13.1. The van der Waals surface area contributed by atoms with Crippen LogP contribution >= 0.6 is 11.3 Å². The van der Waals surface area contributed by atoms with Crippen LogP contribution in [0.4, 0.5) is 0 Å². The van der Waals surface area contributed by atoms with Gasteiger partial charge < -0.3 is 19.3 Å². The number of aliphatic hydroxyl groups excluding tert-OH is 1. The molecular formula is C25H27N3O4S. The second-order valence-electron chi connectivity index (χ2n) is 7.89. The first-order valence-electron chi connectivity index (χ1n) is 11.1. The van der Waals surface area contributed by atoms with Gasteiger partial charge in [0.2, 0.25) is 0 Å². The van der Waals surface area contributed by atoms with Crippen molar-refractivity contribution in [3.63, 3.8) is 0 Å². The number of nitrogens with zero attached hydrogens (tertiary/aromatic N) is 3. The molecule has 1 amide bonds. The molecule has 0 spiro atoms. The second kappa shape index (κ2) is 10.5. The quantitative estimate of drug-likeness (QED) is 0.204. The van der Waals surface area contributed by atoms with Crippen molar-refractivity contribution in [2.24, 2.45) is 0 Å². The van der Waals surface area contributed by atoms with Crippen molar-refractivity contribution < 1.29 is 19.4 Å². The first-order chi connectivity index (χ1) is 16.1. The molecule has 1 N–H and O–H groups in total. The van der Waals surface area contributed by atoms with Crippen LogP contribution in [0.15, 0.2) is 66.1 Å². The highest BCUT2D eigenvalue weighted by molar-refractivity contribution is 7.10. The molecule has 1 aliphatic heterocycles. The maximum absolute atomic E-state index is 13.1. The normalized spacial score (nSPS) is 17.6. The van der Waals surface area contributed by atoms with E-state index in [2.05, 4.69) is 11.9 Å². The van der Waals surface area contributed by atoms with Gasteiger partial charge in [-0.2, -0.15) is 0 Å². The molecule has 8 heteroatoms. The monoisotopic (exact) mass is 465 g/mol. The molecule has 1 unspecified atom stereocenters. The fraction of sp³-hybridized carbons (Fsp3) is 0.320. The van der Waals surface area contributed by atoms with Crippen LogP contribution in [-0.4, -0.2) is 44.4 Å².